The molecule has 5 nitrogen and oxygen atoms in total. The van der Waals surface area contributed by atoms with Gasteiger partial charge in [0, 0.05) is 30.5 Å². The molecule has 0 unspecified atom stereocenters. The first-order valence-corrected chi connectivity index (χ1v) is 9.08. The van der Waals surface area contributed by atoms with E-state index in [4.69, 9.17) is 0 Å². The summed E-state index contributed by atoms with van der Waals surface area (Å²) in [6, 6.07) is 7.93. The molecular formula is C19H27N3O2. The van der Waals surface area contributed by atoms with Crippen molar-refractivity contribution in [1.82, 2.24) is 5.32 Å². The van der Waals surface area contributed by atoms with Crippen LogP contribution >= 0.6 is 0 Å². The molecule has 0 bridgehead atoms. The molecule has 5 heteroatoms. The van der Waals surface area contributed by atoms with E-state index < -0.39 is 11.8 Å². The molecule has 2 aliphatic rings. The van der Waals surface area contributed by atoms with Gasteiger partial charge in [-0.25, -0.2) is 0 Å². The summed E-state index contributed by atoms with van der Waals surface area (Å²) in [5.41, 5.74) is 1.84. The Morgan fingerprint density at radius 2 is 1.58 bits per heavy atom. The highest BCUT2D eigenvalue weighted by atomic mass is 16.2. The van der Waals surface area contributed by atoms with Gasteiger partial charge in [0.1, 0.15) is 0 Å². The van der Waals surface area contributed by atoms with E-state index in [0.717, 1.165) is 44.7 Å². The van der Waals surface area contributed by atoms with Crippen molar-refractivity contribution in [2.75, 3.05) is 23.3 Å². The summed E-state index contributed by atoms with van der Waals surface area (Å²) in [7, 11) is 0. The van der Waals surface area contributed by atoms with Crippen molar-refractivity contribution in [2.24, 2.45) is 5.92 Å². The average molecular weight is 329 g/mol. The third-order valence-electron chi connectivity index (χ3n) is 5.17. The molecule has 2 fully saturated rings. The van der Waals surface area contributed by atoms with E-state index in [9.17, 15) is 9.59 Å². The van der Waals surface area contributed by atoms with Crippen LogP contribution in [0.3, 0.4) is 0 Å². The summed E-state index contributed by atoms with van der Waals surface area (Å²) < 4.78 is 0. The lowest BCUT2D eigenvalue weighted by Crippen LogP contribution is -2.40. The van der Waals surface area contributed by atoms with Crippen molar-refractivity contribution in [3.05, 3.63) is 24.3 Å². The van der Waals surface area contributed by atoms with Crippen LogP contribution in [0.4, 0.5) is 11.4 Å². The van der Waals surface area contributed by atoms with E-state index in [0.29, 0.717) is 5.69 Å². The van der Waals surface area contributed by atoms with Crippen LogP contribution in [0.15, 0.2) is 24.3 Å². The van der Waals surface area contributed by atoms with Crippen LogP contribution in [-0.2, 0) is 9.59 Å². The zero-order valence-electron chi connectivity index (χ0n) is 14.4. The summed E-state index contributed by atoms with van der Waals surface area (Å²) in [4.78, 5) is 26.3. The molecule has 2 N–H and O–H groups in total. The summed E-state index contributed by atoms with van der Waals surface area (Å²) in [5.74, 6) is -0.310. The molecule has 1 aliphatic carbocycles. The Balaban J connectivity index is 1.51. The molecule has 130 valence electrons. The van der Waals surface area contributed by atoms with Crippen LogP contribution < -0.4 is 15.5 Å². The van der Waals surface area contributed by atoms with E-state index >= 15 is 0 Å². The van der Waals surface area contributed by atoms with E-state index in [1.807, 2.05) is 24.3 Å². The van der Waals surface area contributed by atoms with Gasteiger partial charge in [-0.2, -0.15) is 0 Å². The number of benzene rings is 1. The molecule has 1 heterocycles. The van der Waals surface area contributed by atoms with Crippen molar-refractivity contribution in [2.45, 2.75) is 51.5 Å². The van der Waals surface area contributed by atoms with E-state index in [1.54, 1.807) is 0 Å². The molecule has 0 aromatic heterocycles. The fourth-order valence-electron chi connectivity index (χ4n) is 3.53. The molecule has 2 amide bonds. The van der Waals surface area contributed by atoms with Crippen LogP contribution in [0.2, 0.25) is 0 Å². The van der Waals surface area contributed by atoms with Crippen LogP contribution in [0, 0.1) is 5.92 Å². The van der Waals surface area contributed by atoms with Crippen LogP contribution in [0.5, 0.6) is 0 Å². The molecule has 1 aliphatic heterocycles. The number of anilines is 2. The highest BCUT2D eigenvalue weighted by Gasteiger charge is 2.21. The topological polar surface area (TPSA) is 61.4 Å². The number of rotatable bonds is 3. The number of amides is 2. The molecule has 0 atom stereocenters. The number of nitrogens with zero attached hydrogens (tertiary/aromatic N) is 1. The highest BCUT2D eigenvalue weighted by molar-refractivity contribution is 6.39. The first-order valence-electron chi connectivity index (χ1n) is 9.08. The largest absolute Gasteiger partial charge is 0.372 e. The standard InChI is InChI=1S/C19H27N3O2/c1-14-10-12-22(13-11-14)17-8-6-16(7-9-17)21-19(24)18(23)20-15-4-2-3-5-15/h6-9,14-15H,2-5,10-13H2,1H3,(H,20,23)(H,21,24). The van der Waals surface area contributed by atoms with Gasteiger partial charge in [-0.15, -0.1) is 0 Å². The number of hydrogen-bond donors (Lipinski definition) is 2. The lowest BCUT2D eigenvalue weighted by Gasteiger charge is -2.32. The van der Waals surface area contributed by atoms with E-state index in [1.165, 1.54) is 18.5 Å². The Kier molecular flexibility index (Phi) is 5.38. The lowest BCUT2D eigenvalue weighted by atomic mass is 9.99. The maximum atomic E-state index is 12.0. The van der Waals surface area contributed by atoms with E-state index in [-0.39, 0.29) is 6.04 Å². The SMILES string of the molecule is CC1CCN(c2ccc(NC(=O)C(=O)NC3CCCC3)cc2)CC1. The maximum Gasteiger partial charge on any atom is 0.313 e. The third-order valence-corrected chi connectivity index (χ3v) is 5.17. The number of piperidine rings is 1. The second kappa shape index (κ2) is 7.69. The lowest BCUT2D eigenvalue weighted by molar-refractivity contribution is -0.136. The van der Waals surface area contributed by atoms with Crippen molar-refractivity contribution in [1.29, 1.82) is 0 Å². The van der Waals surface area contributed by atoms with Gasteiger partial charge in [0.2, 0.25) is 0 Å². The Bertz CT molecular complexity index is 571. The normalized spacial score (nSPS) is 19.3. The zero-order valence-corrected chi connectivity index (χ0v) is 14.4. The van der Waals surface area contributed by atoms with Crippen LogP contribution in [0.25, 0.3) is 0 Å². The van der Waals surface area contributed by atoms with Crippen LogP contribution in [0.1, 0.15) is 45.4 Å². The van der Waals surface area contributed by atoms with E-state index in [2.05, 4.69) is 22.5 Å². The summed E-state index contributed by atoms with van der Waals surface area (Å²) in [6.45, 7) is 4.46. The fourth-order valence-corrected chi connectivity index (χ4v) is 3.53. The third kappa shape index (κ3) is 4.28. The Morgan fingerprint density at radius 1 is 0.958 bits per heavy atom. The first kappa shape index (κ1) is 16.8. The fraction of sp³-hybridized carbons (Fsp3) is 0.579. The summed E-state index contributed by atoms with van der Waals surface area (Å²) >= 11 is 0. The quantitative estimate of drug-likeness (QED) is 0.838. The minimum atomic E-state index is -0.582. The maximum absolute atomic E-state index is 12.0. The van der Waals surface area contributed by atoms with Gasteiger partial charge in [-0.3, -0.25) is 9.59 Å². The Morgan fingerprint density at radius 3 is 2.21 bits per heavy atom. The summed E-state index contributed by atoms with van der Waals surface area (Å²) in [5, 5.41) is 5.49. The van der Waals surface area contributed by atoms with Gasteiger partial charge in [0.05, 0.1) is 0 Å². The van der Waals surface area contributed by atoms with Gasteiger partial charge in [0.15, 0.2) is 0 Å². The molecule has 0 radical (unpaired) electrons. The van der Waals surface area contributed by atoms with Gasteiger partial charge in [-0.05, 0) is 55.9 Å². The molecular weight excluding hydrogens is 302 g/mol. The van der Waals surface area contributed by atoms with Crippen molar-refractivity contribution >= 4 is 23.2 Å². The van der Waals surface area contributed by atoms with Gasteiger partial charge in [0.25, 0.3) is 0 Å². The monoisotopic (exact) mass is 329 g/mol. The minimum absolute atomic E-state index is 0.159. The van der Waals surface area contributed by atoms with Crippen LogP contribution in [-0.4, -0.2) is 30.9 Å². The van der Waals surface area contributed by atoms with Crippen molar-refractivity contribution in [3.63, 3.8) is 0 Å². The molecule has 1 saturated carbocycles. The average Bonchev–Trinajstić information content (AvgIpc) is 3.09. The Hall–Kier alpha value is -2.04. The smallest absolute Gasteiger partial charge is 0.313 e. The number of nitrogens with one attached hydrogen (secondary N) is 2. The number of hydrogen-bond acceptors (Lipinski definition) is 3. The highest BCUT2D eigenvalue weighted by Crippen LogP contribution is 2.24. The molecule has 0 spiro atoms. The molecule has 3 rings (SSSR count). The molecule has 1 aromatic carbocycles. The predicted molar refractivity (Wildman–Crippen MR) is 96.1 cm³/mol. The number of carbonyl (C=O) groups excluding carboxylic acids is 2. The van der Waals surface area contributed by atoms with Crippen molar-refractivity contribution in [3.8, 4) is 0 Å². The number of carbonyl (C=O) groups is 2. The molecule has 24 heavy (non-hydrogen) atoms. The molecule has 1 aromatic rings. The molecule has 1 saturated heterocycles. The van der Waals surface area contributed by atoms with Gasteiger partial charge in [-0.1, -0.05) is 19.8 Å². The second-order valence-electron chi connectivity index (χ2n) is 7.13. The Labute approximate surface area is 143 Å². The van der Waals surface area contributed by atoms with Gasteiger partial charge < -0.3 is 15.5 Å². The zero-order chi connectivity index (χ0) is 16.9. The second-order valence-corrected chi connectivity index (χ2v) is 7.13. The van der Waals surface area contributed by atoms with Gasteiger partial charge >= 0.3 is 11.8 Å². The first-order chi connectivity index (χ1) is 11.6. The predicted octanol–water partition coefficient (Wildman–Crippen LogP) is 2.92. The minimum Gasteiger partial charge on any atom is -0.372 e. The summed E-state index contributed by atoms with van der Waals surface area (Å²) in [6.07, 6.45) is 6.65. The van der Waals surface area contributed by atoms with Crippen molar-refractivity contribution < 1.29 is 9.59 Å².